The standard InChI is InChI=1S/C30H30N4O4/c1-37-26-16-19-11-13-34(18-21(19)17-27(26)38-2)14-12-32-30(36)23-9-5-4-8-22(23)28-24(29(31)35)15-20-7-3-6-10-25(20)33-28/h3-10,15-17H,11-14,18H2,1-2H3,(H2,31,35)(H,32,36). The number of benzene rings is 3. The number of hydrogen-bond acceptors (Lipinski definition) is 6. The van der Waals surface area contributed by atoms with Crippen molar-refractivity contribution in [3.05, 3.63) is 89.0 Å². The molecule has 0 radical (unpaired) electrons. The molecule has 2 amide bonds. The normalized spacial score (nSPS) is 13.1. The maximum Gasteiger partial charge on any atom is 0.252 e. The second kappa shape index (κ2) is 10.9. The van der Waals surface area contributed by atoms with Gasteiger partial charge in [0.05, 0.1) is 31.0 Å². The Hall–Kier alpha value is -4.43. The molecule has 0 atom stereocenters. The van der Waals surface area contributed by atoms with Gasteiger partial charge in [0, 0.05) is 42.7 Å². The third-order valence-corrected chi connectivity index (χ3v) is 6.93. The van der Waals surface area contributed by atoms with Crippen LogP contribution in [0.25, 0.3) is 22.2 Å². The Kier molecular flexibility index (Phi) is 7.24. The van der Waals surface area contributed by atoms with Crippen molar-refractivity contribution in [1.82, 2.24) is 15.2 Å². The van der Waals surface area contributed by atoms with E-state index in [9.17, 15) is 9.59 Å². The molecule has 0 saturated heterocycles. The van der Waals surface area contributed by atoms with Crippen LogP contribution in [0.5, 0.6) is 11.5 Å². The first-order valence-corrected chi connectivity index (χ1v) is 12.5. The molecule has 0 fully saturated rings. The van der Waals surface area contributed by atoms with Crippen molar-refractivity contribution < 1.29 is 19.1 Å². The summed E-state index contributed by atoms with van der Waals surface area (Å²) in [5.41, 5.74) is 10.6. The third-order valence-electron chi connectivity index (χ3n) is 6.93. The van der Waals surface area contributed by atoms with E-state index in [-0.39, 0.29) is 11.5 Å². The summed E-state index contributed by atoms with van der Waals surface area (Å²) in [4.78, 5) is 32.6. The topological polar surface area (TPSA) is 107 Å². The second-order valence-corrected chi connectivity index (χ2v) is 9.25. The van der Waals surface area contributed by atoms with Crippen LogP contribution in [-0.2, 0) is 13.0 Å². The number of nitrogens with one attached hydrogen (secondary N) is 1. The van der Waals surface area contributed by atoms with Gasteiger partial charge in [-0.25, -0.2) is 4.98 Å². The van der Waals surface area contributed by atoms with E-state index < -0.39 is 5.91 Å². The lowest BCUT2D eigenvalue weighted by molar-refractivity contribution is 0.0946. The number of fused-ring (bicyclic) bond motifs is 2. The van der Waals surface area contributed by atoms with E-state index in [1.807, 2.05) is 42.5 Å². The average Bonchev–Trinajstić information content (AvgIpc) is 2.95. The fourth-order valence-corrected chi connectivity index (χ4v) is 4.95. The first-order valence-electron chi connectivity index (χ1n) is 12.5. The second-order valence-electron chi connectivity index (χ2n) is 9.25. The molecular formula is C30H30N4O4. The zero-order valence-electron chi connectivity index (χ0n) is 21.5. The lowest BCUT2D eigenvalue weighted by atomic mass is 9.98. The van der Waals surface area contributed by atoms with Crippen LogP contribution in [0.4, 0.5) is 0 Å². The smallest absolute Gasteiger partial charge is 0.252 e. The first-order chi connectivity index (χ1) is 18.5. The number of rotatable bonds is 8. The minimum absolute atomic E-state index is 0.227. The Balaban J connectivity index is 1.31. The summed E-state index contributed by atoms with van der Waals surface area (Å²) in [5.74, 6) is 0.643. The number of hydrogen-bond donors (Lipinski definition) is 2. The van der Waals surface area contributed by atoms with E-state index in [0.29, 0.717) is 29.9 Å². The van der Waals surface area contributed by atoms with Crippen LogP contribution in [0.15, 0.2) is 66.7 Å². The minimum atomic E-state index is -0.590. The number of methoxy groups -OCH3 is 2. The van der Waals surface area contributed by atoms with Crippen LogP contribution < -0.4 is 20.5 Å². The summed E-state index contributed by atoms with van der Waals surface area (Å²) < 4.78 is 10.9. The first kappa shape index (κ1) is 25.2. The predicted molar refractivity (Wildman–Crippen MR) is 147 cm³/mol. The molecule has 0 aliphatic carbocycles. The molecule has 0 saturated carbocycles. The van der Waals surface area contributed by atoms with Crippen LogP contribution in [-0.4, -0.2) is 55.6 Å². The highest BCUT2D eigenvalue weighted by molar-refractivity contribution is 6.07. The molecule has 0 unspecified atom stereocenters. The number of nitrogens with zero attached hydrogens (tertiary/aromatic N) is 2. The molecule has 194 valence electrons. The van der Waals surface area contributed by atoms with Crippen LogP contribution >= 0.6 is 0 Å². The summed E-state index contributed by atoms with van der Waals surface area (Å²) in [6.45, 7) is 2.83. The van der Waals surface area contributed by atoms with Crippen molar-refractivity contribution in [2.45, 2.75) is 13.0 Å². The number of amides is 2. The third kappa shape index (κ3) is 5.03. The maximum absolute atomic E-state index is 13.3. The van der Waals surface area contributed by atoms with E-state index >= 15 is 0 Å². The van der Waals surface area contributed by atoms with E-state index in [4.69, 9.17) is 20.2 Å². The lowest BCUT2D eigenvalue weighted by Crippen LogP contribution is -2.38. The number of para-hydroxylation sites is 1. The van der Waals surface area contributed by atoms with Gasteiger partial charge in [-0.2, -0.15) is 0 Å². The molecule has 0 spiro atoms. The van der Waals surface area contributed by atoms with Crippen LogP contribution in [0.3, 0.4) is 0 Å². The van der Waals surface area contributed by atoms with Crippen molar-refractivity contribution in [3.8, 4) is 22.8 Å². The predicted octanol–water partition coefficient (Wildman–Crippen LogP) is 3.81. The van der Waals surface area contributed by atoms with Crippen molar-refractivity contribution in [1.29, 1.82) is 0 Å². The molecule has 8 heteroatoms. The molecule has 1 aliphatic heterocycles. The molecule has 38 heavy (non-hydrogen) atoms. The van der Waals surface area contributed by atoms with Gasteiger partial charge in [-0.3, -0.25) is 14.5 Å². The molecule has 5 rings (SSSR count). The van der Waals surface area contributed by atoms with Crippen LogP contribution in [0.2, 0.25) is 0 Å². The maximum atomic E-state index is 13.3. The monoisotopic (exact) mass is 510 g/mol. The molecule has 0 bridgehead atoms. The lowest BCUT2D eigenvalue weighted by Gasteiger charge is -2.29. The minimum Gasteiger partial charge on any atom is -0.493 e. The molecule has 1 aliphatic rings. The molecular weight excluding hydrogens is 480 g/mol. The Morgan fingerprint density at radius 2 is 1.66 bits per heavy atom. The Labute approximate surface area is 221 Å². The largest absolute Gasteiger partial charge is 0.493 e. The van der Waals surface area contributed by atoms with Gasteiger partial charge in [-0.15, -0.1) is 0 Å². The van der Waals surface area contributed by atoms with Crippen molar-refractivity contribution >= 4 is 22.7 Å². The van der Waals surface area contributed by atoms with E-state index in [0.717, 1.165) is 41.9 Å². The summed E-state index contributed by atoms with van der Waals surface area (Å²) in [5, 5.41) is 3.85. The fourth-order valence-electron chi connectivity index (χ4n) is 4.95. The highest BCUT2D eigenvalue weighted by Gasteiger charge is 2.21. The van der Waals surface area contributed by atoms with E-state index in [2.05, 4.69) is 10.2 Å². The molecule has 3 N–H and O–H groups in total. The zero-order chi connectivity index (χ0) is 26.6. The van der Waals surface area contributed by atoms with Gasteiger partial charge in [0.15, 0.2) is 11.5 Å². The van der Waals surface area contributed by atoms with Crippen molar-refractivity contribution in [2.24, 2.45) is 5.73 Å². The number of ether oxygens (including phenoxy) is 2. The summed E-state index contributed by atoms with van der Waals surface area (Å²) in [6, 6.07) is 20.5. The van der Waals surface area contributed by atoms with Gasteiger partial charge >= 0.3 is 0 Å². The number of pyridine rings is 1. The molecule has 4 aromatic rings. The Morgan fingerprint density at radius 3 is 2.42 bits per heavy atom. The van der Waals surface area contributed by atoms with Gasteiger partial charge in [0.1, 0.15) is 0 Å². The van der Waals surface area contributed by atoms with Gasteiger partial charge in [0.25, 0.3) is 11.8 Å². The SMILES string of the molecule is COc1cc2c(cc1OC)CN(CCNC(=O)c1ccccc1-c1nc3ccccc3cc1C(N)=O)CC2. The molecule has 8 nitrogen and oxygen atoms in total. The zero-order valence-corrected chi connectivity index (χ0v) is 21.5. The van der Waals surface area contributed by atoms with Crippen LogP contribution in [0, 0.1) is 0 Å². The average molecular weight is 511 g/mol. The van der Waals surface area contributed by atoms with Gasteiger partial charge in [0.2, 0.25) is 0 Å². The molecule has 3 aromatic carbocycles. The number of primary amides is 1. The molecule has 1 aromatic heterocycles. The number of carbonyl (C=O) groups excluding carboxylic acids is 2. The van der Waals surface area contributed by atoms with Crippen molar-refractivity contribution in [3.63, 3.8) is 0 Å². The highest BCUT2D eigenvalue weighted by atomic mass is 16.5. The fraction of sp³-hybridized carbons (Fsp3) is 0.233. The summed E-state index contributed by atoms with van der Waals surface area (Å²) >= 11 is 0. The van der Waals surface area contributed by atoms with E-state index in [1.54, 1.807) is 38.5 Å². The number of carbonyl (C=O) groups is 2. The highest BCUT2D eigenvalue weighted by Crippen LogP contribution is 2.33. The quantitative estimate of drug-likeness (QED) is 0.373. The summed E-state index contributed by atoms with van der Waals surface area (Å²) in [7, 11) is 3.28. The number of aromatic nitrogens is 1. The van der Waals surface area contributed by atoms with Crippen LogP contribution in [0.1, 0.15) is 31.8 Å². The van der Waals surface area contributed by atoms with Gasteiger partial charge in [-0.05, 0) is 47.9 Å². The van der Waals surface area contributed by atoms with Gasteiger partial charge < -0.3 is 20.5 Å². The van der Waals surface area contributed by atoms with E-state index in [1.165, 1.54) is 11.1 Å². The summed E-state index contributed by atoms with van der Waals surface area (Å²) in [6.07, 6.45) is 0.899. The molecule has 2 heterocycles. The van der Waals surface area contributed by atoms with Gasteiger partial charge in [-0.1, -0.05) is 36.4 Å². The Morgan fingerprint density at radius 1 is 0.947 bits per heavy atom. The number of nitrogens with two attached hydrogens (primary N) is 1. The van der Waals surface area contributed by atoms with Crippen molar-refractivity contribution in [2.75, 3.05) is 33.9 Å². The Bertz CT molecular complexity index is 1520.